The van der Waals surface area contributed by atoms with Gasteiger partial charge in [0.25, 0.3) is 0 Å². The first-order valence-corrected chi connectivity index (χ1v) is 13.0. The highest BCUT2D eigenvalue weighted by atomic mass is 32.2. The lowest BCUT2D eigenvalue weighted by molar-refractivity contribution is 0.0934. The van der Waals surface area contributed by atoms with Crippen LogP contribution in [0.4, 0.5) is 0 Å². The molecule has 0 saturated carbocycles. The number of aryl methyl sites for hydroxylation is 1. The first kappa shape index (κ1) is 24.0. The fraction of sp³-hybridized carbons (Fsp3) is 0.462. The molecule has 0 radical (unpaired) electrons. The highest BCUT2D eigenvalue weighted by molar-refractivity contribution is 7.98. The number of thioether (sulfide) groups is 1. The summed E-state index contributed by atoms with van der Waals surface area (Å²) >= 11 is 1.74. The lowest BCUT2D eigenvalue weighted by Gasteiger charge is -2.19. The van der Waals surface area contributed by atoms with Gasteiger partial charge < -0.3 is 23.5 Å². The van der Waals surface area contributed by atoms with Gasteiger partial charge in [-0.3, -0.25) is 4.90 Å². The third-order valence-corrected chi connectivity index (χ3v) is 7.42. The summed E-state index contributed by atoms with van der Waals surface area (Å²) in [5.41, 5.74) is 3.71. The van der Waals surface area contributed by atoms with Gasteiger partial charge in [0.15, 0.2) is 16.7 Å². The van der Waals surface area contributed by atoms with Gasteiger partial charge in [-0.05, 0) is 55.6 Å². The molecule has 2 aromatic carbocycles. The van der Waals surface area contributed by atoms with Gasteiger partial charge in [0.05, 0.1) is 26.3 Å². The van der Waals surface area contributed by atoms with E-state index in [1.807, 2.05) is 12.1 Å². The van der Waals surface area contributed by atoms with Crippen LogP contribution in [0.15, 0.2) is 41.6 Å². The number of rotatable bonds is 10. The Labute approximate surface area is 210 Å². The van der Waals surface area contributed by atoms with Crippen LogP contribution in [-0.2, 0) is 30.1 Å². The van der Waals surface area contributed by atoms with Crippen LogP contribution in [0.1, 0.15) is 35.4 Å². The Balaban J connectivity index is 1.31. The molecule has 3 heterocycles. The maximum Gasteiger partial charge on any atom is 0.231 e. The van der Waals surface area contributed by atoms with Crippen LogP contribution in [0, 0.1) is 6.92 Å². The third kappa shape index (κ3) is 5.58. The molecule has 0 amide bonds. The Morgan fingerprint density at radius 1 is 1.17 bits per heavy atom. The van der Waals surface area contributed by atoms with E-state index in [0.29, 0.717) is 24.6 Å². The lowest BCUT2D eigenvalue weighted by atomic mass is 10.1. The number of nitrogens with zero attached hydrogens (tertiary/aromatic N) is 4. The molecule has 35 heavy (non-hydrogen) atoms. The van der Waals surface area contributed by atoms with Crippen molar-refractivity contribution in [2.45, 2.75) is 56.4 Å². The predicted molar refractivity (Wildman–Crippen MR) is 134 cm³/mol. The van der Waals surface area contributed by atoms with Crippen LogP contribution < -0.4 is 14.2 Å². The SMILES string of the molecule is COc1cc(CN(C)Cc2nnc(SCc3ccccc3C)n2C[C@H]2CCCO2)cc2c1OCO2. The highest BCUT2D eigenvalue weighted by Gasteiger charge is 2.23. The Morgan fingerprint density at radius 3 is 2.86 bits per heavy atom. The first-order chi connectivity index (χ1) is 17.1. The fourth-order valence-electron chi connectivity index (χ4n) is 4.52. The summed E-state index contributed by atoms with van der Waals surface area (Å²) < 4.78 is 24.8. The average molecular weight is 497 g/mol. The Bertz CT molecular complexity index is 1160. The van der Waals surface area contributed by atoms with Crippen LogP contribution in [0.2, 0.25) is 0 Å². The topological polar surface area (TPSA) is 70.9 Å². The van der Waals surface area contributed by atoms with Crippen molar-refractivity contribution in [3.05, 3.63) is 58.9 Å². The van der Waals surface area contributed by atoms with Crippen molar-refractivity contribution in [2.75, 3.05) is 27.6 Å². The zero-order valence-electron chi connectivity index (χ0n) is 20.5. The van der Waals surface area contributed by atoms with Gasteiger partial charge in [0.2, 0.25) is 12.5 Å². The molecule has 3 aromatic rings. The summed E-state index contributed by atoms with van der Waals surface area (Å²) in [6, 6.07) is 12.5. The van der Waals surface area contributed by atoms with Gasteiger partial charge in [-0.25, -0.2) is 0 Å². The summed E-state index contributed by atoms with van der Waals surface area (Å²) in [4.78, 5) is 2.22. The largest absolute Gasteiger partial charge is 0.493 e. The van der Waals surface area contributed by atoms with Crippen molar-refractivity contribution in [2.24, 2.45) is 0 Å². The van der Waals surface area contributed by atoms with E-state index in [1.165, 1.54) is 11.1 Å². The fourth-order valence-corrected chi connectivity index (χ4v) is 5.56. The van der Waals surface area contributed by atoms with Gasteiger partial charge in [-0.2, -0.15) is 0 Å². The number of hydrogen-bond acceptors (Lipinski definition) is 8. The number of benzene rings is 2. The molecule has 1 aromatic heterocycles. The van der Waals surface area contributed by atoms with Gasteiger partial charge in [0, 0.05) is 18.9 Å². The molecule has 8 nitrogen and oxygen atoms in total. The van der Waals surface area contributed by atoms with Crippen molar-refractivity contribution in [1.82, 2.24) is 19.7 Å². The Kier molecular flexibility index (Phi) is 7.46. The predicted octanol–water partition coefficient (Wildman–Crippen LogP) is 4.43. The third-order valence-electron chi connectivity index (χ3n) is 6.40. The van der Waals surface area contributed by atoms with Crippen LogP contribution >= 0.6 is 11.8 Å². The van der Waals surface area contributed by atoms with Gasteiger partial charge in [-0.15, -0.1) is 10.2 Å². The summed E-state index contributed by atoms with van der Waals surface area (Å²) in [7, 11) is 3.73. The molecule has 0 unspecified atom stereocenters. The molecule has 0 aliphatic carbocycles. The quantitative estimate of drug-likeness (QED) is 0.382. The normalized spacial score (nSPS) is 16.9. The maximum atomic E-state index is 5.95. The van der Waals surface area contributed by atoms with E-state index < -0.39 is 0 Å². The van der Waals surface area contributed by atoms with Crippen molar-refractivity contribution in [1.29, 1.82) is 0 Å². The van der Waals surface area contributed by atoms with Crippen molar-refractivity contribution >= 4 is 11.8 Å². The molecule has 2 aliphatic rings. The molecule has 0 bridgehead atoms. The zero-order chi connectivity index (χ0) is 24.2. The number of fused-ring (bicyclic) bond motifs is 1. The van der Waals surface area contributed by atoms with Crippen LogP contribution in [0.25, 0.3) is 0 Å². The molecule has 1 saturated heterocycles. The molecule has 0 N–H and O–H groups in total. The van der Waals surface area contributed by atoms with E-state index in [0.717, 1.165) is 54.0 Å². The molecule has 186 valence electrons. The Hall–Kier alpha value is -2.75. The zero-order valence-corrected chi connectivity index (χ0v) is 21.3. The van der Waals surface area contributed by atoms with E-state index >= 15 is 0 Å². The molecular formula is C26H32N4O4S. The minimum absolute atomic E-state index is 0.214. The maximum absolute atomic E-state index is 5.95. The molecule has 5 rings (SSSR count). The average Bonchev–Trinajstić information content (AvgIpc) is 3.61. The standard InChI is InChI=1S/C26H32N4O4S/c1-18-7-4-5-8-20(18)16-35-26-28-27-24(30(26)14-21-9-6-10-32-21)15-29(2)13-19-11-22(31-3)25-23(12-19)33-17-34-25/h4-5,7-8,11-12,21H,6,9-10,13-17H2,1-3H3/t21-/m1/s1. The van der Waals surface area contributed by atoms with Gasteiger partial charge in [0.1, 0.15) is 5.82 Å². The second-order valence-electron chi connectivity index (χ2n) is 9.06. The molecule has 2 aliphatic heterocycles. The molecule has 1 atom stereocenters. The summed E-state index contributed by atoms with van der Waals surface area (Å²) in [5.74, 6) is 3.90. The number of aromatic nitrogens is 3. The van der Waals surface area contributed by atoms with Crippen molar-refractivity contribution in [3.63, 3.8) is 0 Å². The summed E-state index contributed by atoms with van der Waals surface area (Å²) in [6.45, 7) is 5.37. The van der Waals surface area contributed by atoms with Crippen molar-refractivity contribution in [3.8, 4) is 17.2 Å². The summed E-state index contributed by atoms with van der Waals surface area (Å²) in [6.07, 6.45) is 2.40. The Morgan fingerprint density at radius 2 is 2.06 bits per heavy atom. The minimum atomic E-state index is 0.214. The number of methoxy groups -OCH3 is 1. The molecule has 1 fully saturated rings. The number of ether oxygens (including phenoxy) is 4. The van der Waals surface area contributed by atoms with Crippen molar-refractivity contribution < 1.29 is 18.9 Å². The lowest BCUT2D eigenvalue weighted by Crippen LogP contribution is -2.23. The van der Waals surface area contributed by atoms with E-state index in [9.17, 15) is 0 Å². The minimum Gasteiger partial charge on any atom is -0.493 e. The monoisotopic (exact) mass is 496 g/mol. The highest BCUT2D eigenvalue weighted by Crippen LogP contribution is 2.42. The van der Waals surface area contributed by atoms with Gasteiger partial charge >= 0.3 is 0 Å². The van der Waals surface area contributed by atoms with E-state index in [1.54, 1.807) is 18.9 Å². The second kappa shape index (κ2) is 10.9. The van der Waals surface area contributed by atoms with Crippen LogP contribution in [0.3, 0.4) is 0 Å². The molecule has 0 spiro atoms. The second-order valence-corrected chi connectivity index (χ2v) is 10.0. The number of hydrogen-bond donors (Lipinski definition) is 0. The van der Waals surface area contributed by atoms with E-state index in [-0.39, 0.29) is 12.9 Å². The first-order valence-electron chi connectivity index (χ1n) is 12.0. The molecular weight excluding hydrogens is 464 g/mol. The van der Waals surface area contributed by atoms with Crippen LogP contribution in [-0.4, -0.2) is 53.3 Å². The van der Waals surface area contributed by atoms with Gasteiger partial charge in [-0.1, -0.05) is 36.0 Å². The van der Waals surface area contributed by atoms with Crippen LogP contribution in [0.5, 0.6) is 17.2 Å². The van der Waals surface area contributed by atoms with E-state index in [4.69, 9.17) is 18.9 Å². The van der Waals surface area contributed by atoms with E-state index in [2.05, 4.69) is 57.9 Å². The smallest absolute Gasteiger partial charge is 0.231 e. The molecule has 9 heteroatoms. The summed E-state index contributed by atoms with van der Waals surface area (Å²) in [5, 5.41) is 10.1.